The first kappa shape index (κ1) is 18.2. The van der Waals surface area contributed by atoms with Gasteiger partial charge in [0.15, 0.2) is 6.61 Å². The van der Waals surface area contributed by atoms with Gasteiger partial charge in [-0.3, -0.25) is 4.79 Å². The van der Waals surface area contributed by atoms with E-state index in [0.717, 1.165) is 12.1 Å². The Balaban J connectivity index is 1.79. The van der Waals surface area contributed by atoms with Crippen molar-refractivity contribution in [3.63, 3.8) is 0 Å². The molecule has 2 aromatic carbocycles. The fraction of sp³-hybridized carbons (Fsp3) is 0.125. The molecule has 0 aromatic heterocycles. The lowest BCUT2D eigenvalue weighted by Gasteiger charge is -2.05. The number of hydrogen-bond donors (Lipinski definition) is 1. The number of nitrogens with one attached hydrogen (secondary N) is 1. The smallest absolute Gasteiger partial charge is 0.387 e. The Hall–Kier alpha value is -3.10. The lowest BCUT2D eigenvalue weighted by atomic mass is 10.2. The van der Waals surface area contributed by atoms with Crippen LogP contribution in [0.4, 0.5) is 23.2 Å². The van der Waals surface area contributed by atoms with Crippen molar-refractivity contribution in [2.24, 2.45) is 5.16 Å². The molecule has 1 N–H and O–H groups in total. The number of ether oxygens (including phenoxy) is 1. The Labute approximate surface area is 139 Å². The predicted molar refractivity (Wildman–Crippen MR) is 81.6 cm³/mol. The van der Waals surface area contributed by atoms with Gasteiger partial charge < -0.3 is 14.9 Å². The Morgan fingerprint density at radius 2 is 1.76 bits per heavy atom. The van der Waals surface area contributed by atoms with Crippen LogP contribution in [0.1, 0.15) is 5.56 Å². The van der Waals surface area contributed by atoms with Crippen LogP contribution in [0.25, 0.3) is 0 Å². The molecule has 9 heteroatoms. The van der Waals surface area contributed by atoms with Gasteiger partial charge in [0, 0.05) is 11.8 Å². The second-order valence-corrected chi connectivity index (χ2v) is 4.66. The molecule has 2 rings (SSSR count). The second kappa shape index (κ2) is 8.67. The molecular formula is C16H12F4N2O3. The lowest BCUT2D eigenvalue weighted by Crippen LogP contribution is -2.17. The van der Waals surface area contributed by atoms with Crippen molar-refractivity contribution in [1.82, 2.24) is 0 Å². The van der Waals surface area contributed by atoms with E-state index in [-0.39, 0.29) is 11.4 Å². The van der Waals surface area contributed by atoms with E-state index in [0.29, 0.717) is 11.6 Å². The number of carbonyl (C=O) groups excluding carboxylic acids is 1. The van der Waals surface area contributed by atoms with Crippen LogP contribution in [0.3, 0.4) is 0 Å². The molecule has 25 heavy (non-hydrogen) atoms. The molecule has 0 atom stereocenters. The standard InChI is InChI=1S/C16H12F4N2O3/c17-11-5-12(18)7-13(6-11)22-15(23)9-24-21-8-10-1-3-14(4-2-10)25-16(19)20/h1-8,16H,9H2,(H,22,23)/b21-8+. The van der Waals surface area contributed by atoms with Crippen LogP contribution in [0.15, 0.2) is 47.6 Å². The van der Waals surface area contributed by atoms with E-state index in [1.165, 1.54) is 30.5 Å². The van der Waals surface area contributed by atoms with E-state index in [1.54, 1.807) is 0 Å². The molecule has 132 valence electrons. The second-order valence-electron chi connectivity index (χ2n) is 4.66. The summed E-state index contributed by atoms with van der Waals surface area (Å²) in [5, 5.41) is 5.77. The molecule has 2 aromatic rings. The zero-order chi connectivity index (χ0) is 18.2. The van der Waals surface area contributed by atoms with E-state index in [4.69, 9.17) is 4.84 Å². The molecule has 5 nitrogen and oxygen atoms in total. The normalized spacial score (nSPS) is 10.9. The molecule has 0 aliphatic heterocycles. The number of carbonyl (C=O) groups is 1. The molecule has 0 radical (unpaired) electrons. The fourth-order valence-electron chi connectivity index (χ4n) is 1.75. The highest BCUT2D eigenvalue weighted by Crippen LogP contribution is 2.14. The monoisotopic (exact) mass is 356 g/mol. The fourth-order valence-corrected chi connectivity index (χ4v) is 1.75. The number of rotatable bonds is 7. The van der Waals surface area contributed by atoms with Crippen molar-refractivity contribution in [3.8, 4) is 5.75 Å². The number of benzene rings is 2. The largest absolute Gasteiger partial charge is 0.435 e. The van der Waals surface area contributed by atoms with Crippen LogP contribution in [0.5, 0.6) is 5.75 Å². The minimum atomic E-state index is -2.91. The first-order valence-electron chi connectivity index (χ1n) is 6.88. The first-order chi connectivity index (χ1) is 11.9. The van der Waals surface area contributed by atoms with E-state index in [2.05, 4.69) is 15.2 Å². The third kappa shape index (κ3) is 6.50. The summed E-state index contributed by atoms with van der Waals surface area (Å²) in [7, 11) is 0. The number of amides is 1. The van der Waals surface area contributed by atoms with Crippen LogP contribution in [0, 0.1) is 11.6 Å². The minimum Gasteiger partial charge on any atom is -0.435 e. The van der Waals surface area contributed by atoms with E-state index >= 15 is 0 Å². The maximum absolute atomic E-state index is 13.0. The van der Waals surface area contributed by atoms with Gasteiger partial charge in [0.2, 0.25) is 0 Å². The number of anilines is 1. The molecule has 0 aliphatic rings. The molecule has 0 unspecified atom stereocenters. The Kier molecular flexibility index (Phi) is 6.33. The van der Waals surface area contributed by atoms with Crippen LogP contribution < -0.4 is 10.1 Å². The summed E-state index contributed by atoms with van der Waals surface area (Å²) in [6.07, 6.45) is 1.25. The number of nitrogens with zero attached hydrogens (tertiary/aromatic N) is 1. The summed E-state index contributed by atoms with van der Waals surface area (Å²) in [6.45, 7) is -3.39. The molecule has 0 bridgehead atoms. The quantitative estimate of drug-likeness (QED) is 0.469. The van der Waals surface area contributed by atoms with Crippen molar-refractivity contribution >= 4 is 17.8 Å². The van der Waals surface area contributed by atoms with Crippen molar-refractivity contribution in [3.05, 3.63) is 59.7 Å². The van der Waals surface area contributed by atoms with Gasteiger partial charge in [-0.25, -0.2) is 8.78 Å². The van der Waals surface area contributed by atoms with Crippen molar-refractivity contribution in [2.75, 3.05) is 11.9 Å². The van der Waals surface area contributed by atoms with Crippen LogP contribution in [-0.2, 0) is 9.63 Å². The van der Waals surface area contributed by atoms with E-state index < -0.39 is 30.8 Å². The Bertz CT molecular complexity index is 731. The third-order valence-corrected chi connectivity index (χ3v) is 2.72. The summed E-state index contributed by atoms with van der Waals surface area (Å²) in [6, 6.07) is 8.13. The van der Waals surface area contributed by atoms with E-state index in [1.807, 2.05) is 0 Å². The van der Waals surface area contributed by atoms with Gasteiger partial charge in [0.1, 0.15) is 17.4 Å². The number of halogens is 4. The van der Waals surface area contributed by atoms with Gasteiger partial charge in [-0.2, -0.15) is 8.78 Å². The van der Waals surface area contributed by atoms with Gasteiger partial charge in [-0.1, -0.05) is 5.16 Å². The Morgan fingerprint density at radius 3 is 2.36 bits per heavy atom. The minimum absolute atomic E-state index is 0.00484. The third-order valence-electron chi connectivity index (χ3n) is 2.72. The summed E-state index contributed by atoms with van der Waals surface area (Å²) in [5.74, 6) is -2.32. The highest BCUT2D eigenvalue weighted by molar-refractivity contribution is 5.91. The zero-order valence-corrected chi connectivity index (χ0v) is 12.6. The summed E-state index contributed by atoms with van der Waals surface area (Å²) in [4.78, 5) is 16.3. The molecule has 0 saturated heterocycles. The number of oxime groups is 1. The molecule has 0 saturated carbocycles. The summed E-state index contributed by atoms with van der Waals surface area (Å²) < 4.78 is 54.1. The maximum atomic E-state index is 13.0. The number of hydrogen-bond acceptors (Lipinski definition) is 4. The van der Waals surface area contributed by atoms with Crippen LogP contribution >= 0.6 is 0 Å². The highest BCUT2D eigenvalue weighted by Gasteiger charge is 2.06. The van der Waals surface area contributed by atoms with Crippen LogP contribution in [0.2, 0.25) is 0 Å². The Morgan fingerprint density at radius 1 is 1.12 bits per heavy atom. The average Bonchev–Trinajstić information content (AvgIpc) is 2.51. The van der Waals surface area contributed by atoms with Gasteiger partial charge in [-0.05, 0) is 42.0 Å². The van der Waals surface area contributed by atoms with E-state index in [9.17, 15) is 22.4 Å². The molecular weight excluding hydrogens is 344 g/mol. The summed E-state index contributed by atoms with van der Waals surface area (Å²) >= 11 is 0. The molecule has 0 heterocycles. The van der Waals surface area contributed by atoms with Gasteiger partial charge in [0.05, 0.1) is 6.21 Å². The summed E-state index contributed by atoms with van der Waals surface area (Å²) in [5.41, 5.74) is 0.471. The van der Waals surface area contributed by atoms with Gasteiger partial charge in [-0.15, -0.1) is 0 Å². The van der Waals surface area contributed by atoms with Crippen molar-refractivity contribution in [2.45, 2.75) is 6.61 Å². The molecule has 0 aliphatic carbocycles. The van der Waals surface area contributed by atoms with Gasteiger partial charge >= 0.3 is 6.61 Å². The van der Waals surface area contributed by atoms with Crippen LogP contribution in [-0.4, -0.2) is 25.3 Å². The maximum Gasteiger partial charge on any atom is 0.387 e. The van der Waals surface area contributed by atoms with Gasteiger partial charge in [0.25, 0.3) is 5.91 Å². The average molecular weight is 356 g/mol. The molecule has 1 amide bonds. The predicted octanol–water partition coefficient (Wildman–Crippen LogP) is 3.56. The zero-order valence-electron chi connectivity index (χ0n) is 12.6. The first-order valence-corrected chi connectivity index (χ1v) is 6.88. The highest BCUT2D eigenvalue weighted by atomic mass is 19.3. The topological polar surface area (TPSA) is 59.9 Å². The van der Waals surface area contributed by atoms with Crippen molar-refractivity contribution < 1.29 is 31.9 Å². The number of alkyl halides is 2. The van der Waals surface area contributed by atoms with Crippen molar-refractivity contribution in [1.29, 1.82) is 0 Å². The molecule has 0 spiro atoms. The molecule has 0 fully saturated rings. The lowest BCUT2D eigenvalue weighted by molar-refractivity contribution is -0.120. The SMILES string of the molecule is O=C(CO/N=C/c1ccc(OC(F)F)cc1)Nc1cc(F)cc(F)c1.